The van der Waals surface area contributed by atoms with Gasteiger partial charge in [-0.25, -0.2) is 4.79 Å². The van der Waals surface area contributed by atoms with Crippen LogP contribution in [0.1, 0.15) is 6.42 Å². The van der Waals surface area contributed by atoms with Crippen LogP contribution in [0.25, 0.3) is 0 Å². The van der Waals surface area contributed by atoms with E-state index < -0.39 is 0 Å². The van der Waals surface area contributed by atoms with Gasteiger partial charge in [0.2, 0.25) is 0 Å². The van der Waals surface area contributed by atoms with E-state index in [4.69, 9.17) is 0 Å². The molecule has 0 aromatic heterocycles. The van der Waals surface area contributed by atoms with E-state index in [0.717, 1.165) is 10.8 Å². The molecule has 0 N–H and O–H groups in total. The molecule has 0 saturated heterocycles. The fourth-order valence-corrected chi connectivity index (χ4v) is 1.84. The first-order chi connectivity index (χ1) is 5.70. The molecular weight excluding hydrogens is 200 g/mol. The van der Waals surface area contributed by atoms with Crippen LogP contribution in [0.4, 0.5) is 4.79 Å². The van der Waals surface area contributed by atoms with Crippen LogP contribution in [0.15, 0.2) is 0 Å². The molecule has 0 amide bonds. The summed E-state index contributed by atoms with van der Waals surface area (Å²) in [6.45, 7) is 0. The molecule has 0 atom stereocenters. The molecule has 0 aromatic rings. The van der Waals surface area contributed by atoms with Gasteiger partial charge in [0.25, 0.3) is 0 Å². The van der Waals surface area contributed by atoms with Gasteiger partial charge in [-0.2, -0.15) is 0 Å². The number of hydrogen-bond donors (Lipinski definition) is 0. The SMILES string of the molecule is COC(=O)CCSSC(=O)OC. The summed E-state index contributed by atoms with van der Waals surface area (Å²) < 4.78 is 8.78. The molecule has 70 valence electrons. The van der Waals surface area contributed by atoms with Gasteiger partial charge in [-0.3, -0.25) is 4.79 Å². The minimum absolute atomic E-state index is 0.270. The second-order valence-corrected chi connectivity index (χ2v) is 4.04. The molecule has 4 nitrogen and oxygen atoms in total. The van der Waals surface area contributed by atoms with E-state index in [1.165, 1.54) is 25.0 Å². The van der Waals surface area contributed by atoms with Gasteiger partial charge in [-0.1, -0.05) is 10.8 Å². The fraction of sp³-hybridized carbons (Fsp3) is 0.667. The average molecular weight is 210 g/mol. The second-order valence-electron chi connectivity index (χ2n) is 1.69. The van der Waals surface area contributed by atoms with Crippen LogP contribution in [-0.4, -0.2) is 31.2 Å². The van der Waals surface area contributed by atoms with Crippen molar-refractivity contribution in [1.82, 2.24) is 0 Å². The van der Waals surface area contributed by atoms with Crippen molar-refractivity contribution < 1.29 is 19.1 Å². The summed E-state index contributed by atoms with van der Waals surface area (Å²) in [5.41, 5.74) is 0. The van der Waals surface area contributed by atoms with Crippen LogP contribution in [-0.2, 0) is 14.3 Å². The highest BCUT2D eigenvalue weighted by Crippen LogP contribution is 2.23. The minimum Gasteiger partial charge on any atom is -0.469 e. The van der Waals surface area contributed by atoms with Crippen LogP contribution in [0.5, 0.6) is 0 Å². The second kappa shape index (κ2) is 7.30. The highest BCUT2D eigenvalue weighted by atomic mass is 33.1. The lowest BCUT2D eigenvalue weighted by Crippen LogP contribution is -2.00. The third-order valence-electron chi connectivity index (χ3n) is 0.911. The molecule has 0 bridgehead atoms. The Kier molecular flexibility index (Phi) is 7.08. The Morgan fingerprint density at radius 3 is 2.42 bits per heavy atom. The Balaban J connectivity index is 3.21. The molecule has 0 saturated carbocycles. The van der Waals surface area contributed by atoms with Gasteiger partial charge in [-0.15, -0.1) is 0 Å². The van der Waals surface area contributed by atoms with Gasteiger partial charge in [-0.05, 0) is 0 Å². The van der Waals surface area contributed by atoms with Crippen LogP contribution < -0.4 is 0 Å². The van der Waals surface area contributed by atoms with E-state index in [2.05, 4.69) is 9.47 Å². The van der Waals surface area contributed by atoms with Gasteiger partial charge in [0.1, 0.15) is 0 Å². The lowest BCUT2D eigenvalue weighted by atomic mass is 10.5. The maximum atomic E-state index is 10.6. The minimum atomic E-state index is -0.357. The zero-order valence-corrected chi connectivity index (χ0v) is 8.50. The first-order valence-electron chi connectivity index (χ1n) is 3.15. The number of methoxy groups -OCH3 is 2. The van der Waals surface area contributed by atoms with Crippen LogP contribution in [0.2, 0.25) is 0 Å². The predicted octanol–water partition coefficient (Wildman–Crippen LogP) is 1.70. The maximum Gasteiger partial charge on any atom is 0.377 e. The van der Waals surface area contributed by atoms with Crippen LogP contribution in [0.3, 0.4) is 0 Å². The monoisotopic (exact) mass is 210 g/mol. The first-order valence-corrected chi connectivity index (χ1v) is 5.46. The smallest absolute Gasteiger partial charge is 0.377 e. The van der Waals surface area contributed by atoms with Gasteiger partial charge < -0.3 is 9.47 Å². The molecule has 12 heavy (non-hydrogen) atoms. The molecule has 0 aromatic carbocycles. The summed E-state index contributed by atoms with van der Waals surface area (Å²) >= 11 is 0. The highest BCUT2D eigenvalue weighted by molar-refractivity contribution is 8.82. The average Bonchev–Trinajstić information content (AvgIpc) is 2.11. The highest BCUT2D eigenvalue weighted by Gasteiger charge is 2.03. The van der Waals surface area contributed by atoms with Crippen molar-refractivity contribution in [3.05, 3.63) is 0 Å². The summed E-state index contributed by atoms with van der Waals surface area (Å²) in [6.07, 6.45) is 0.311. The molecular formula is C6H10O4S2. The van der Waals surface area contributed by atoms with E-state index in [-0.39, 0.29) is 11.3 Å². The summed E-state index contributed by atoms with van der Waals surface area (Å²) in [7, 11) is 4.90. The Morgan fingerprint density at radius 2 is 1.92 bits per heavy atom. The van der Waals surface area contributed by atoms with E-state index in [1.807, 2.05) is 0 Å². The number of carbonyl (C=O) groups excluding carboxylic acids is 2. The van der Waals surface area contributed by atoms with Crippen LogP contribution >= 0.6 is 21.6 Å². The quantitative estimate of drug-likeness (QED) is 0.400. The number of hydrogen-bond acceptors (Lipinski definition) is 6. The van der Waals surface area contributed by atoms with Crippen molar-refractivity contribution >= 4 is 32.9 Å². The molecule has 0 unspecified atom stereocenters. The van der Waals surface area contributed by atoms with Crippen molar-refractivity contribution in [3.63, 3.8) is 0 Å². The summed E-state index contributed by atoms with van der Waals surface area (Å²) in [5, 5.41) is -0.357. The molecule has 6 heteroatoms. The number of rotatable bonds is 4. The van der Waals surface area contributed by atoms with Crippen molar-refractivity contribution in [2.45, 2.75) is 6.42 Å². The molecule has 0 rings (SSSR count). The summed E-state index contributed by atoms with van der Waals surface area (Å²) in [6, 6.07) is 0. The maximum absolute atomic E-state index is 10.6. The van der Waals surface area contributed by atoms with Crippen LogP contribution in [0, 0.1) is 0 Å². The Morgan fingerprint density at radius 1 is 1.25 bits per heavy atom. The molecule has 0 aliphatic carbocycles. The first kappa shape index (κ1) is 11.6. The number of esters is 1. The molecule has 0 radical (unpaired) electrons. The van der Waals surface area contributed by atoms with Gasteiger partial charge >= 0.3 is 11.3 Å². The van der Waals surface area contributed by atoms with Gasteiger partial charge in [0.15, 0.2) is 0 Å². The summed E-state index contributed by atoms with van der Waals surface area (Å²) in [4.78, 5) is 21.1. The molecule has 0 aliphatic rings. The molecule has 0 fully saturated rings. The Bertz CT molecular complexity index is 142. The largest absolute Gasteiger partial charge is 0.469 e. The zero-order chi connectivity index (χ0) is 9.40. The van der Waals surface area contributed by atoms with E-state index >= 15 is 0 Å². The molecule has 0 aliphatic heterocycles. The standard InChI is InChI=1S/C6H10O4S2/c1-9-5(7)3-4-11-12-6(8)10-2/h3-4H2,1-2H3. The third-order valence-corrected chi connectivity index (χ3v) is 2.96. The Hall–Kier alpha value is -0.360. The normalized spacial score (nSPS) is 9.17. The zero-order valence-electron chi connectivity index (χ0n) is 6.86. The predicted molar refractivity (Wildman–Crippen MR) is 49.1 cm³/mol. The van der Waals surface area contributed by atoms with E-state index in [9.17, 15) is 9.59 Å². The van der Waals surface area contributed by atoms with Crippen molar-refractivity contribution in [3.8, 4) is 0 Å². The van der Waals surface area contributed by atoms with Gasteiger partial charge in [0, 0.05) is 16.5 Å². The van der Waals surface area contributed by atoms with E-state index in [0.29, 0.717) is 12.2 Å². The topological polar surface area (TPSA) is 52.6 Å². The molecule has 0 heterocycles. The number of carbonyl (C=O) groups is 2. The third kappa shape index (κ3) is 6.36. The van der Waals surface area contributed by atoms with Crippen molar-refractivity contribution in [2.24, 2.45) is 0 Å². The Labute approximate surface area is 78.8 Å². The van der Waals surface area contributed by atoms with Gasteiger partial charge in [0.05, 0.1) is 20.6 Å². The lowest BCUT2D eigenvalue weighted by molar-refractivity contribution is -0.140. The van der Waals surface area contributed by atoms with E-state index in [1.54, 1.807) is 0 Å². The van der Waals surface area contributed by atoms with Crippen molar-refractivity contribution in [1.29, 1.82) is 0 Å². The van der Waals surface area contributed by atoms with Crippen molar-refractivity contribution in [2.75, 3.05) is 20.0 Å². The fourth-order valence-electron chi connectivity index (χ4n) is 0.351. The molecule has 0 spiro atoms. The lowest BCUT2D eigenvalue weighted by Gasteiger charge is -1.97. The summed E-state index contributed by atoms with van der Waals surface area (Å²) in [5.74, 6) is 0.278. The number of ether oxygens (including phenoxy) is 2.